The minimum atomic E-state index is -0.450. The van der Waals surface area contributed by atoms with Gasteiger partial charge in [-0.1, -0.05) is 12.1 Å². The van der Waals surface area contributed by atoms with Crippen LogP contribution in [0, 0.1) is 17.1 Å². The monoisotopic (exact) mass is 328 g/mol. The first-order valence-corrected chi connectivity index (χ1v) is 7.72. The number of benzene rings is 1. The number of aromatic nitrogens is 3. The number of anilines is 1. The summed E-state index contributed by atoms with van der Waals surface area (Å²) in [6, 6.07) is 5.98. The Labute approximate surface area is 138 Å². The van der Waals surface area contributed by atoms with Crippen LogP contribution in [0.3, 0.4) is 0 Å². The van der Waals surface area contributed by atoms with E-state index in [0.29, 0.717) is 25.2 Å². The van der Waals surface area contributed by atoms with Gasteiger partial charge >= 0.3 is 0 Å². The van der Waals surface area contributed by atoms with Gasteiger partial charge in [0.1, 0.15) is 5.82 Å². The van der Waals surface area contributed by atoms with Gasteiger partial charge in [0.25, 0.3) is 0 Å². The summed E-state index contributed by atoms with van der Waals surface area (Å²) in [7, 11) is 0. The Hall–Kier alpha value is -2.95. The standard InChI is InChI=1S/C16H17FN6O/c1-2-16(24)20-13-9-22(10-15(13)23-6-5-19-21-23)14-4-3-11(8-18)7-12(14)17/h3-7,13,15H,2,9-10H2,1H3,(H,20,24)/t13-,15+/m1/s1. The molecule has 1 aliphatic heterocycles. The van der Waals surface area contributed by atoms with Crippen molar-refractivity contribution in [1.29, 1.82) is 5.26 Å². The molecule has 8 heteroatoms. The second kappa shape index (κ2) is 6.66. The third-order valence-electron chi connectivity index (χ3n) is 4.15. The van der Waals surface area contributed by atoms with Gasteiger partial charge in [-0.3, -0.25) is 4.79 Å². The number of halogens is 1. The number of nitriles is 1. The zero-order valence-corrected chi connectivity index (χ0v) is 13.2. The Bertz CT molecular complexity index is 769. The van der Waals surface area contributed by atoms with E-state index in [0.717, 1.165) is 0 Å². The average Bonchev–Trinajstić information content (AvgIpc) is 3.24. The van der Waals surface area contributed by atoms with Crippen LogP contribution in [0.2, 0.25) is 0 Å². The predicted molar refractivity (Wildman–Crippen MR) is 84.6 cm³/mol. The lowest BCUT2D eigenvalue weighted by Crippen LogP contribution is -2.41. The molecule has 1 amide bonds. The van der Waals surface area contributed by atoms with Gasteiger partial charge in [-0.2, -0.15) is 5.26 Å². The zero-order chi connectivity index (χ0) is 17.1. The molecule has 2 atom stereocenters. The molecular weight excluding hydrogens is 311 g/mol. The van der Waals surface area contributed by atoms with E-state index in [1.807, 2.05) is 11.0 Å². The van der Waals surface area contributed by atoms with Crippen molar-refractivity contribution in [3.8, 4) is 6.07 Å². The molecule has 1 saturated heterocycles. The van der Waals surface area contributed by atoms with Crippen molar-refractivity contribution in [3.05, 3.63) is 42.0 Å². The van der Waals surface area contributed by atoms with Crippen LogP contribution in [0.15, 0.2) is 30.6 Å². The van der Waals surface area contributed by atoms with Crippen LogP contribution in [0.25, 0.3) is 0 Å². The molecular formula is C16H17FN6O. The molecule has 1 aromatic heterocycles. The first-order chi connectivity index (χ1) is 11.6. The van der Waals surface area contributed by atoms with Crippen LogP contribution in [0.5, 0.6) is 0 Å². The highest BCUT2D eigenvalue weighted by Gasteiger charge is 2.36. The topological polar surface area (TPSA) is 86.8 Å². The normalized spacial score (nSPS) is 20.0. The maximum Gasteiger partial charge on any atom is 0.220 e. The summed E-state index contributed by atoms with van der Waals surface area (Å²) >= 11 is 0. The predicted octanol–water partition coefficient (Wildman–Crippen LogP) is 1.24. The van der Waals surface area contributed by atoms with E-state index in [1.54, 1.807) is 36.1 Å². The van der Waals surface area contributed by atoms with Crippen LogP contribution >= 0.6 is 0 Å². The van der Waals surface area contributed by atoms with Gasteiger partial charge in [-0.15, -0.1) is 5.10 Å². The maximum atomic E-state index is 14.3. The Morgan fingerprint density at radius 2 is 2.33 bits per heavy atom. The van der Waals surface area contributed by atoms with Crippen molar-refractivity contribution in [1.82, 2.24) is 20.3 Å². The van der Waals surface area contributed by atoms with Crippen LogP contribution in [0.1, 0.15) is 24.9 Å². The van der Waals surface area contributed by atoms with Crippen molar-refractivity contribution in [2.24, 2.45) is 0 Å². The molecule has 1 aromatic carbocycles. The second-order valence-corrected chi connectivity index (χ2v) is 5.66. The summed E-state index contributed by atoms with van der Waals surface area (Å²) in [5.41, 5.74) is 0.687. The summed E-state index contributed by atoms with van der Waals surface area (Å²) in [5.74, 6) is -0.513. The van der Waals surface area contributed by atoms with Crippen molar-refractivity contribution in [3.63, 3.8) is 0 Å². The molecule has 2 heterocycles. The van der Waals surface area contributed by atoms with Gasteiger partial charge in [-0.25, -0.2) is 9.07 Å². The van der Waals surface area contributed by atoms with E-state index in [-0.39, 0.29) is 23.6 Å². The van der Waals surface area contributed by atoms with Gasteiger partial charge in [0, 0.05) is 25.7 Å². The molecule has 0 saturated carbocycles. The van der Waals surface area contributed by atoms with Crippen molar-refractivity contribution in [2.75, 3.05) is 18.0 Å². The molecule has 124 valence electrons. The summed E-state index contributed by atoms with van der Waals surface area (Å²) in [6.45, 7) is 2.73. The first kappa shape index (κ1) is 15.9. The van der Waals surface area contributed by atoms with E-state index < -0.39 is 5.82 Å². The molecule has 2 aromatic rings. The molecule has 1 fully saturated rings. The van der Waals surface area contributed by atoms with E-state index in [1.165, 1.54) is 6.07 Å². The Balaban J connectivity index is 1.86. The second-order valence-electron chi connectivity index (χ2n) is 5.66. The fraction of sp³-hybridized carbons (Fsp3) is 0.375. The number of rotatable bonds is 4. The fourth-order valence-corrected chi connectivity index (χ4v) is 2.93. The minimum Gasteiger partial charge on any atom is -0.365 e. The molecule has 0 aliphatic carbocycles. The van der Waals surface area contributed by atoms with Crippen LogP contribution in [-0.4, -0.2) is 40.0 Å². The van der Waals surface area contributed by atoms with Crippen LogP contribution < -0.4 is 10.2 Å². The fourth-order valence-electron chi connectivity index (χ4n) is 2.93. The summed E-state index contributed by atoms with van der Waals surface area (Å²) in [5, 5.41) is 19.6. The number of nitrogens with zero attached hydrogens (tertiary/aromatic N) is 5. The van der Waals surface area contributed by atoms with E-state index >= 15 is 0 Å². The molecule has 0 spiro atoms. The largest absolute Gasteiger partial charge is 0.365 e. The van der Waals surface area contributed by atoms with Gasteiger partial charge in [-0.05, 0) is 18.2 Å². The lowest BCUT2D eigenvalue weighted by atomic mass is 10.1. The average molecular weight is 328 g/mol. The Morgan fingerprint density at radius 1 is 1.50 bits per heavy atom. The maximum absolute atomic E-state index is 14.3. The van der Waals surface area contributed by atoms with Gasteiger partial charge in [0.05, 0.1) is 35.6 Å². The molecule has 0 radical (unpaired) electrons. The van der Waals surface area contributed by atoms with Gasteiger partial charge in [0.2, 0.25) is 5.91 Å². The number of hydrogen-bond acceptors (Lipinski definition) is 5. The van der Waals surface area contributed by atoms with E-state index in [9.17, 15) is 9.18 Å². The highest BCUT2D eigenvalue weighted by molar-refractivity contribution is 5.76. The lowest BCUT2D eigenvalue weighted by molar-refractivity contribution is -0.121. The minimum absolute atomic E-state index is 0.0627. The van der Waals surface area contributed by atoms with E-state index in [2.05, 4.69) is 15.6 Å². The number of nitrogens with one attached hydrogen (secondary N) is 1. The summed E-state index contributed by atoms with van der Waals surface area (Å²) in [4.78, 5) is 13.6. The molecule has 0 unspecified atom stereocenters. The van der Waals surface area contributed by atoms with Crippen molar-refractivity contribution in [2.45, 2.75) is 25.4 Å². The van der Waals surface area contributed by atoms with Crippen LogP contribution in [-0.2, 0) is 4.79 Å². The van der Waals surface area contributed by atoms with Gasteiger partial charge < -0.3 is 10.2 Å². The highest BCUT2D eigenvalue weighted by atomic mass is 19.1. The number of carbonyl (C=O) groups excluding carboxylic acids is 1. The SMILES string of the molecule is CCC(=O)N[C@@H]1CN(c2ccc(C#N)cc2F)C[C@@H]1n1ccnn1. The molecule has 0 bridgehead atoms. The third-order valence-corrected chi connectivity index (χ3v) is 4.15. The number of carbonyl (C=O) groups is 1. The van der Waals surface area contributed by atoms with Gasteiger partial charge in [0.15, 0.2) is 0 Å². The Kier molecular flexibility index (Phi) is 4.42. The summed E-state index contributed by atoms with van der Waals surface area (Å²) in [6.07, 6.45) is 3.68. The van der Waals surface area contributed by atoms with Crippen molar-refractivity contribution < 1.29 is 9.18 Å². The molecule has 1 aliphatic rings. The third kappa shape index (κ3) is 3.06. The van der Waals surface area contributed by atoms with Crippen molar-refractivity contribution >= 4 is 11.6 Å². The van der Waals surface area contributed by atoms with Crippen LogP contribution in [0.4, 0.5) is 10.1 Å². The smallest absolute Gasteiger partial charge is 0.220 e. The molecule has 1 N–H and O–H groups in total. The molecule has 7 nitrogen and oxygen atoms in total. The number of hydrogen-bond donors (Lipinski definition) is 1. The zero-order valence-electron chi connectivity index (χ0n) is 13.2. The number of amides is 1. The quantitative estimate of drug-likeness (QED) is 0.912. The van der Waals surface area contributed by atoms with E-state index in [4.69, 9.17) is 5.26 Å². The molecule has 3 rings (SSSR count). The summed E-state index contributed by atoms with van der Waals surface area (Å²) < 4.78 is 16.0. The highest BCUT2D eigenvalue weighted by Crippen LogP contribution is 2.29. The molecule has 24 heavy (non-hydrogen) atoms. The Morgan fingerprint density at radius 3 is 2.96 bits per heavy atom. The lowest BCUT2D eigenvalue weighted by Gasteiger charge is -2.19. The first-order valence-electron chi connectivity index (χ1n) is 7.72.